The summed E-state index contributed by atoms with van der Waals surface area (Å²) >= 11 is 3.34. The molecule has 0 saturated carbocycles. The van der Waals surface area contributed by atoms with Crippen LogP contribution in [0.3, 0.4) is 0 Å². The monoisotopic (exact) mass is 322 g/mol. The molecule has 1 aromatic heterocycles. The van der Waals surface area contributed by atoms with E-state index < -0.39 is 11.5 Å². The number of aryl methyl sites for hydroxylation is 1. The van der Waals surface area contributed by atoms with Crippen molar-refractivity contribution in [3.8, 4) is 5.75 Å². The predicted molar refractivity (Wildman–Crippen MR) is 75.6 cm³/mol. The van der Waals surface area contributed by atoms with Crippen molar-refractivity contribution in [3.63, 3.8) is 0 Å². The van der Waals surface area contributed by atoms with Crippen molar-refractivity contribution < 1.29 is 9.90 Å². The molecule has 0 aliphatic rings. The van der Waals surface area contributed by atoms with Crippen LogP contribution in [-0.4, -0.2) is 16.0 Å². The first-order valence-corrected chi connectivity index (χ1v) is 6.26. The smallest absolute Gasteiger partial charge is 0.260 e. The van der Waals surface area contributed by atoms with Crippen LogP contribution in [0.1, 0.15) is 15.9 Å². The van der Waals surface area contributed by atoms with Crippen LogP contribution in [0.15, 0.2) is 39.7 Å². The van der Waals surface area contributed by atoms with Crippen LogP contribution in [0, 0.1) is 6.92 Å². The molecule has 0 atom stereocenters. The van der Waals surface area contributed by atoms with E-state index in [-0.39, 0.29) is 11.3 Å². The van der Waals surface area contributed by atoms with Crippen LogP contribution in [-0.2, 0) is 0 Å². The van der Waals surface area contributed by atoms with Gasteiger partial charge in [0.2, 0.25) is 0 Å². The average Bonchev–Trinajstić information content (AvgIpc) is 2.32. The first kappa shape index (κ1) is 13.4. The topological polar surface area (TPSA) is 82.2 Å². The van der Waals surface area contributed by atoms with Crippen LogP contribution in [0.2, 0.25) is 0 Å². The van der Waals surface area contributed by atoms with E-state index in [0.717, 1.165) is 16.1 Å². The highest BCUT2D eigenvalue weighted by molar-refractivity contribution is 9.10. The highest BCUT2D eigenvalue weighted by Gasteiger charge is 2.13. The van der Waals surface area contributed by atoms with Gasteiger partial charge in [0.15, 0.2) is 0 Å². The van der Waals surface area contributed by atoms with Gasteiger partial charge in [-0.05, 0) is 40.5 Å². The molecule has 2 aromatic rings. The number of halogens is 1. The Labute approximate surface area is 117 Å². The second kappa shape index (κ2) is 5.27. The Bertz CT molecular complexity index is 695. The maximum absolute atomic E-state index is 12.0. The lowest BCUT2D eigenvalue weighted by atomic mass is 10.2. The molecule has 6 heteroatoms. The zero-order valence-corrected chi connectivity index (χ0v) is 11.6. The predicted octanol–water partition coefficient (Wildman–Crippen LogP) is 2.40. The lowest BCUT2D eigenvalue weighted by molar-refractivity contribution is 0.102. The number of pyridine rings is 1. The summed E-state index contributed by atoms with van der Waals surface area (Å²) in [5.41, 5.74) is 1.18. The van der Waals surface area contributed by atoms with Gasteiger partial charge in [0.05, 0.1) is 11.3 Å². The lowest BCUT2D eigenvalue weighted by Crippen LogP contribution is -2.15. The number of nitrogens with one attached hydrogen (secondary N) is 2. The number of rotatable bonds is 2. The molecule has 0 unspecified atom stereocenters. The number of carbonyl (C=O) groups is 1. The standard InChI is InChI=1S/C13H11BrN2O3/c1-7-2-3-10(9(14)4-7)16-13(19)8-6-15-12(18)5-11(8)17/h2-6H,1H3,(H,16,19)(H2,15,17,18). The summed E-state index contributed by atoms with van der Waals surface area (Å²) in [6.45, 7) is 1.93. The van der Waals surface area contributed by atoms with Gasteiger partial charge in [-0.15, -0.1) is 0 Å². The fourth-order valence-electron chi connectivity index (χ4n) is 1.55. The van der Waals surface area contributed by atoms with Crippen LogP contribution in [0.4, 0.5) is 5.69 Å². The van der Waals surface area contributed by atoms with Crippen molar-refractivity contribution in [2.45, 2.75) is 6.92 Å². The second-order valence-corrected chi connectivity index (χ2v) is 4.89. The van der Waals surface area contributed by atoms with E-state index in [0.29, 0.717) is 5.69 Å². The van der Waals surface area contributed by atoms with Crippen LogP contribution >= 0.6 is 15.9 Å². The summed E-state index contributed by atoms with van der Waals surface area (Å²) in [5, 5.41) is 12.2. The number of carbonyl (C=O) groups excluding carboxylic acids is 1. The Kier molecular flexibility index (Phi) is 3.71. The van der Waals surface area contributed by atoms with Crippen molar-refractivity contribution in [2.75, 3.05) is 5.32 Å². The number of H-pyrrole nitrogens is 1. The van der Waals surface area contributed by atoms with Crippen LogP contribution in [0.5, 0.6) is 5.75 Å². The molecular weight excluding hydrogens is 312 g/mol. The molecule has 5 nitrogen and oxygen atoms in total. The Morgan fingerprint density at radius 1 is 1.37 bits per heavy atom. The van der Waals surface area contributed by atoms with Crippen molar-refractivity contribution in [1.82, 2.24) is 4.98 Å². The summed E-state index contributed by atoms with van der Waals surface area (Å²) < 4.78 is 0.741. The molecule has 0 saturated heterocycles. The minimum Gasteiger partial charge on any atom is -0.507 e. The molecule has 0 spiro atoms. The number of aromatic nitrogens is 1. The molecule has 1 amide bonds. The van der Waals surface area contributed by atoms with Gasteiger partial charge in [-0.2, -0.15) is 0 Å². The SMILES string of the molecule is Cc1ccc(NC(=O)c2c[nH]c(=O)cc2O)c(Br)c1. The molecule has 2 rings (SSSR count). The second-order valence-electron chi connectivity index (χ2n) is 4.03. The first-order chi connectivity index (χ1) is 8.97. The molecule has 98 valence electrons. The fraction of sp³-hybridized carbons (Fsp3) is 0.0769. The molecule has 1 aromatic carbocycles. The Morgan fingerprint density at radius 3 is 2.74 bits per heavy atom. The van der Waals surface area contributed by atoms with Gasteiger partial charge in [0.1, 0.15) is 5.75 Å². The Balaban J connectivity index is 2.28. The van der Waals surface area contributed by atoms with Crippen molar-refractivity contribution in [2.24, 2.45) is 0 Å². The lowest BCUT2D eigenvalue weighted by Gasteiger charge is -2.08. The third-order valence-electron chi connectivity index (χ3n) is 2.52. The van der Waals surface area contributed by atoms with E-state index in [1.807, 2.05) is 19.1 Å². The molecule has 0 aliphatic carbocycles. The summed E-state index contributed by atoms with van der Waals surface area (Å²) in [6, 6.07) is 6.43. The van der Waals surface area contributed by atoms with Crippen molar-refractivity contribution in [1.29, 1.82) is 0 Å². The molecular formula is C13H11BrN2O3. The van der Waals surface area contributed by atoms with Gasteiger partial charge in [0.25, 0.3) is 11.5 Å². The van der Waals surface area contributed by atoms with E-state index >= 15 is 0 Å². The maximum atomic E-state index is 12.0. The van der Waals surface area contributed by atoms with E-state index in [1.165, 1.54) is 6.20 Å². The molecule has 1 heterocycles. The van der Waals surface area contributed by atoms with Gasteiger partial charge in [-0.25, -0.2) is 0 Å². The third-order valence-corrected chi connectivity index (χ3v) is 3.18. The molecule has 0 fully saturated rings. The number of amides is 1. The summed E-state index contributed by atoms with van der Waals surface area (Å²) in [6.07, 6.45) is 1.18. The van der Waals surface area contributed by atoms with Crippen molar-refractivity contribution in [3.05, 3.63) is 56.4 Å². The van der Waals surface area contributed by atoms with Crippen LogP contribution in [0.25, 0.3) is 0 Å². The molecule has 0 radical (unpaired) electrons. The molecule has 0 bridgehead atoms. The maximum Gasteiger partial charge on any atom is 0.260 e. The quantitative estimate of drug-likeness (QED) is 0.794. The van der Waals surface area contributed by atoms with Crippen molar-refractivity contribution >= 4 is 27.5 Å². The largest absolute Gasteiger partial charge is 0.507 e. The van der Waals surface area contributed by atoms with Gasteiger partial charge in [0, 0.05) is 16.7 Å². The number of benzene rings is 1. The number of aromatic hydroxyl groups is 1. The molecule has 3 N–H and O–H groups in total. The number of aromatic amines is 1. The van der Waals surface area contributed by atoms with Gasteiger partial charge in [-0.3, -0.25) is 9.59 Å². The molecule has 19 heavy (non-hydrogen) atoms. The average molecular weight is 323 g/mol. The summed E-state index contributed by atoms with van der Waals surface area (Å²) in [5.74, 6) is -0.859. The number of hydrogen-bond acceptors (Lipinski definition) is 3. The zero-order valence-electron chi connectivity index (χ0n) is 10.0. The highest BCUT2D eigenvalue weighted by Crippen LogP contribution is 2.24. The van der Waals surface area contributed by atoms with Gasteiger partial charge >= 0.3 is 0 Å². The minimum absolute atomic E-state index is 0.00655. The van der Waals surface area contributed by atoms with Gasteiger partial charge in [-0.1, -0.05) is 6.07 Å². The normalized spacial score (nSPS) is 10.2. The zero-order chi connectivity index (χ0) is 14.0. The Morgan fingerprint density at radius 2 is 2.11 bits per heavy atom. The Hall–Kier alpha value is -2.08. The van der Waals surface area contributed by atoms with E-state index in [4.69, 9.17) is 0 Å². The fourth-order valence-corrected chi connectivity index (χ4v) is 2.15. The van der Waals surface area contributed by atoms with E-state index in [9.17, 15) is 14.7 Å². The van der Waals surface area contributed by atoms with E-state index in [1.54, 1.807) is 6.07 Å². The minimum atomic E-state index is -0.502. The number of hydrogen-bond donors (Lipinski definition) is 3. The summed E-state index contributed by atoms with van der Waals surface area (Å²) in [4.78, 5) is 25.3. The van der Waals surface area contributed by atoms with Gasteiger partial charge < -0.3 is 15.4 Å². The summed E-state index contributed by atoms with van der Waals surface area (Å²) in [7, 11) is 0. The highest BCUT2D eigenvalue weighted by atomic mass is 79.9. The third kappa shape index (κ3) is 3.03. The van der Waals surface area contributed by atoms with Crippen LogP contribution < -0.4 is 10.9 Å². The first-order valence-electron chi connectivity index (χ1n) is 5.46. The number of anilines is 1. The van der Waals surface area contributed by atoms with E-state index in [2.05, 4.69) is 26.2 Å². The molecule has 0 aliphatic heterocycles.